The van der Waals surface area contributed by atoms with Crippen LogP contribution in [0.4, 0.5) is 5.69 Å². The molecule has 0 aliphatic carbocycles. The molecular formula is C13H12N2O5. The lowest BCUT2D eigenvalue weighted by Gasteiger charge is -2.08. The fraction of sp³-hybridized carbons (Fsp3) is 0.154. The zero-order valence-corrected chi connectivity index (χ0v) is 10.3. The van der Waals surface area contributed by atoms with E-state index >= 15 is 0 Å². The van der Waals surface area contributed by atoms with E-state index in [0.29, 0.717) is 10.9 Å². The highest BCUT2D eigenvalue weighted by atomic mass is 16.4. The maximum Gasteiger partial charge on any atom is 0.303 e. The van der Waals surface area contributed by atoms with Gasteiger partial charge in [-0.15, -0.1) is 0 Å². The second-order valence-corrected chi connectivity index (χ2v) is 4.17. The molecule has 0 fully saturated rings. The molecule has 7 heteroatoms. The quantitative estimate of drug-likeness (QED) is 0.665. The molecule has 0 unspecified atom stereocenters. The third kappa shape index (κ3) is 2.77. The molecule has 0 radical (unpaired) electrons. The van der Waals surface area contributed by atoms with Crippen molar-refractivity contribution in [1.82, 2.24) is 4.98 Å². The highest BCUT2D eigenvalue weighted by Gasteiger charge is 2.14. The largest absolute Gasteiger partial charge is 0.505 e. The van der Waals surface area contributed by atoms with Gasteiger partial charge in [-0.2, -0.15) is 0 Å². The van der Waals surface area contributed by atoms with Crippen LogP contribution in [0.2, 0.25) is 0 Å². The van der Waals surface area contributed by atoms with E-state index in [1.165, 1.54) is 0 Å². The molecule has 0 atom stereocenters. The number of fused-ring (bicyclic) bond motifs is 1. The van der Waals surface area contributed by atoms with E-state index in [1.807, 2.05) is 0 Å². The molecule has 0 bridgehead atoms. The van der Waals surface area contributed by atoms with E-state index in [1.54, 1.807) is 24.3 Å². The van der Waals surface area contributed by atoms with E-state index in [2.05, 4.69) is 10.3 Å². The Balaban J connectivity index is 2.32. The summed E-state index contributed by atoms with van der Waals surface area (Å²) in [4.78, 5) is 36.2. The smallest absolute Gasteiger partial charge is 0.303 e. The van der Waals surface area contributed by atoms with Gasteiger partial charge >= 0.3 is 5.97 Å². The van der Waals surface area contributed by atoms with E-state index in [-0.39, 0.29) is 24.3 Å². The highest BCUT2D eigenvalue weighted by Crippen LogP contribution is 2.27. The second-order valence-electron chi connectivity index (χ2n) is 4.17. The molecule has 2 rings (SSSR count). The summed E-state index contributed by atoms with van der Waals surface area (Å²) in [6.45, 7) is 0. The number of para-hydroxylation sites is 1. The van der Waals surface area contributed by atoms with E-state index in [0.717, 1.165) is 0 Å². The number of benzene rings is 1. The van der Waals surface area contributed by atoms with Crippen molar-refractivity contribution < 1.29 is 19.8 Å². The van der Waals surface area contributed by atoms with Crippen LogP contribution in [0.25, 0.3) is 10.9 Å². The Morgan fingerprint density at radius 1 is 1.20 bits per heavy atom. The highest BCUT2D eigenvalue weighted by molar-refractivity contribution is 5.98. The first-order valence-electron chi connectivity index (χ1n) is 5.84. The molecule has 1 heterocycles. The third-order valence-electron chi connectivity index (χ3n) is 2.72. The van der Waals surface area contributed by atoms with Gasteiger partial charge in [0.1, 0.15) is 5.69 Å². The number of hydrogen-bond donors (Lipinski definition) is 4. The van der Waals surface area contributed by atoms with Crippen LogP contribution in [-0.2, 0) is 9.59 Å². The number of aliphatic carboxylic acids is 1. The number of carboxylic acid groups (broad SMARTS) is 1. The van der Waals surface area contributed by atoms with Crippen molar-refractivity contribution in [2.45, 2.75) is 12.8 Å². The molecule has 0 aliphatic heterocycles. The van der Waals surface area contributed by atoms with Gasteiger partial charge in [-0.3, -0.25) is 14.4 Å². The first-order valence-corrected chi connectivity index (χ1v) is 5.84. The molecule has 20 heavy (non-hydrogen) atoms. The maximum atomic E-state index is 11.8. The fourth-order valence-corrected chi connectivity index (χ4v) is 1.76. The number of aromatic nitrogens is 1. The van der Waals surface area contributed by atoms with E-state index < -0.39 is 17.4 Å². The molecular weight excluding hydrogens is 264 g/mol. The molecule has 0 spiro atoms. The molecule has 0 saturated carbocycles. The topological polar surface area (TPSA) is 119 Å². The number of nitrogens with one attached hydrogen (secondary N) is 2. The summed E-state index contributed by atoms with van der Waals surface area (Å²) < 4.78 is 0. The molecule has 7 nitrogen and oxygen atoms in total. The number of carbonyl (C=O) groups is 2. The minimum atomic E-state index is -1.11. The summed E-state index contributed by atoms with van der Waals surface area (Å²) in [6, 6.07) is 6.58. The van der Waals surface area contributed by atoms with Crippen molar-refractivity contribution in [3.8, 4) is 5.75 Å². The third-order valence-corrected chi connectivity index (χ3v) is 2.72. The Labute approximate surface area is 112 Å². The van der Waals surface area contributed by atoms with Crippen molar-refractivity contribution in [3.63, 3.8) is 0 Å². The van der Waals surface area contributed by atoms with Crippen LogP contribution in [0.3, 0.4) is 0 Å². The summed E-state index contributed by atoms with van der Waals surface area (Å²) in [5, 5.41) is 21.1. The van der Waals surface area contributed by atoms with Gasteiger partial charge < -0.3 is 20.5 Å². The molecule has 104 valence electrons. The fourth-order valence-electron chi connectivity index (χ4n) is 1.76. The summed E-state index contributed by atoms with van der Waals surface area (Å²) >= 11 is 0. The van der Waals surface area contributed by atoms with Gasteiger partial charge in [0.2, 0.25) is 5.91 Å². The molecule has 1 aromatic heterocycles. The van der Waals surface area contributed by atoms with Crippen molar-refractivity contribution in [2.75, 3.05) is 5.32 Å². The number of carbonyl (C=O) groups excluding carboxylic acids is 1. The Morgan fingerprint density at radius 3 is 2.60 bits per heavy atom. The lowest BCUT2D eigenvalue weighted by Crippen LogP contribution is -2.20. The minimum absolute atomic E-state index is 0.277. The average molecular weight is 276 g/mol. The molecule has 1 amide bonds. The number of hydrogen-bond acceptors (Lipinski definition) is 4. The van der Waals surface area contributed by atoms with Crippen molar-refractivity contribution >= 4 is 28.5 Å². The molecule has 0 aliphatic rings. The molecule has 1 aromatic carbocycles. The number of aromatic hydroxyl groups is 1. The molecule has 4 N–H and O–H groups in total. The Kier molecular flexibility index (Phi) is 3.69. The van der Waals surface area contributed by atoms with Crippen LogP contribution in [-0.4, -0.2) is 27.1 Å². The zero-order chi connectivity index (χ0) is 14.7. The van der Waals surface area contributed by atoms with Crippen molar-refractivity contribution in [3.05, 3.63) is 34.6 Å². The second kappa shape index (κ2) is 5.43. The normalized spacial score (nSPS) is 10.4. The van der Waals surface area contributed by atoms with Crippen LogP contribution >= 0.6 is 0 Å². The van der Waals surface area contributed by atoms with E-state index in [4.69, 9.17) is 5.11 Å². The van der Waals surface area contributed by atoms with Crippen LogP contribution in [0.1, 0.15) is 12.8 Å². The van der Waals surface area contributed by atoms with Crippen LogP contribution in [0, 0.1) is 0 Å². The first-order chi connectivity index (χ1) is 9.49. The summed E-state index contributed by atoms with van der Waals surface area (Å²) in [5.74, 6) is -2.10. The first kappa shape index (κ1) is 13.6. The number of carboxylic acids is 1. The predicted molar refractivity (Wildman–Crippen MR) is 71.7 cm³/mol. The Morgan fingerprint density at radius 2 is 1.90 bits per heavy atom. The monoisotopic (exact) mass is 276 g/mol. The lowest BCUT2D eigenvalue weighted by atomic mass is 10.2. The van der Waals surface area contributed by atoms with Crippen LogP contribution in [0.5, 0.6) is 5.75 Å². The van der Waals surface area contributed by atoms with Gasteiger partial charge in [0.15, 0.2) is 5.75 Å². The van der Waals surface area contributed by atoms with Gasteiger partial charge in [0.25, 0.3) is 5.56 Å². The van der Waals surface area contributed by atoms with Gasteiger partial charge in [-0.05, 0) is 12.1 Å². The molecule has 0 saturated heterocycles. The SMILES string of the molecule is O=C(O)CCC(=O)Nc1c(O)c2ccccc2[nH]c1=O. The Bertz CT molecular complexity index is 735. The number of H-pyrrole nitrogens is 1. The lowest BCUT2D eigenvalue weighted by molar-refractivity contribution is -0.138. The van der Waals surface area contributed by atoms with Gasteiger partial charge in [0.05, 0.1) is 11.9 Å². The van der Waals surface area contributed by atoms with Crippen molar-refractivity contribution in [2.24, 2.45) is 0 Å². The maximum absolute atomic E-state index is 11.8. The predicted octanol–water partition coefficient (Wildman–Crippen LogP) is 1.04. The van der Waals surface area contributed by atoms with Crippen molar-refractivity contribution in [1.29, 1.82) is 0 Å². The summed E-state index contributed by atoms with van der Waals surface area (Å²) in [7, 11) is 0. The van der Waals surface area contributed by atoms with E-state index in [9.17, 15) is 19.5 Å². The average Bonchev–Trinajstić information content (AvgIpc) is 2.41. The Hall–Kier alpha value is -2.83. The van der Waals surface area contributed by atoms with Gasteiger partial charge in [-0.25, -0.2) is 0 Å². The summed E-state index contributed by atoms with van der Waals surface area (Å²) in [6.07, 6.45) is -0.626. The number of aromatic amines is 1. The molecule has 2 aromatic rings. The minimum Gasteiger partial charge on any atom is -0.505 e. The van der Waals surface area contributed by atoms with Gasteiger partial charge in [0, 0.05) is 11.8 Å². The number of amides is 1. The number of anilines is 1. The van der Waals surface area contributed by atoms with Crippen LogP contribution < -0.4 is 10.9 Å². The van der Waals surface area contributed by atoms with Crippen LogP contribution in [0.15, 0.2) is 29.1 Å². The standard InChI is InChI=1S/C13H12N2O5/c16-9(5-6-10(17)18)15-11-12(19)7-3-1-2-4-8(7)14-13(11)20/h1-4H,5-6H2,(H,15,16)(H,17,18)(H2,14,19,20). The zero-order valence-electron chi connectivity index (χ0n) is 10.3. The summed E-state index contributed by atoms with van der Waals surface area (Å²) in [5.41, 5.74) is -0.484. The number of pyridine rings is 1. The number of rotatable bonds is 4. The van der Waals surface area contributed by atoms with Gasteiger partial charge in [-0.1, -0.05) is 12.1 Å².